The molecular weight excluding hydrogens is 508 g/mol. The van der Waals surface area contributed by atoms with E-state index in [1.54, 1.807) is 34.2 Å². The summed E-state index contributed by atoms with van der Waals surface area (Å²) in [6, 6.07) is 12.0. The van der Waals surface area contributed by atoms with Gasteiger partial charge in [0.1, 0.15) is 17.7 Å². The van der Waals surface area contributed by atoms with Crippen molar-refractivity contribution < 1.29 is 14.6 Å². The zero-order valence-electron chi connectivity index (χ0n) is 22.8. The van der Waals surface area contributed by atoms with Gasteiger partial charge in [0.25, 0.3) is 0 Å². The van der Waals surface area contributed by atoms with Gasteiger partial charge in [-0.25, -0.2) is 19.3 Å². The Labute approximate surface area is 232 Å². The number of anilines is 1. The summed E-state index contributed by atoms with van der Waals surface area (Å²) in [4.78, 5) is 29.8. The van der Waals surface area contributed by atoms with Crippen molar-refractivity contribution >= 4 is 17.5 Å². The summed E-state index contributed by atoms with van der Waals surface area (Å²) in [6.07, 6.45) is 7.47. The van der Waals surface area contributed by atoms with Gasteiger partial charge in [-0.3, -0.25) is 4.98 Å². The lowest BCUT2D eigenvalue weighted by atomic mass is 9.88. The lowest BCUT2D eigenvalue weighted by molar-refractivity contribution is 0.121. The molecule has 2 aliphatic rings. The maximum atomic E-state index is 12.9. The first kappa shape index (κ1) is 26.0. The number of benzene rings is 1. The molecule has 2 saturated heterocycles. The van der Waals surface area contributed by atoms with Crippen molar-refractivity contribution in [1.82, 2.24) is 34.8 Å². The van der Waals surface area contributed by atoms with Gasteiger partial charge in [-0.2, -0.15) is 0 Å². The fourth-order valence-electron chi connectivity index (χ4n) is 5.58. The number of aromatic nitrogens is 5. The Morgan fingerprint density at radius 2 is 1.98 bits per heavy atom. The monoisotopic (exact) mass is 542 g/mol. The van der Waals surface area contributed by atoms with E-state index in [1.807, 2.05) is 31.2 Å². The minimum absolute atomic E-state index is 0.120. The third kappa shape index (κ3) is 5.29. The Morgan fingerprint density at radius 1 is 1.18 bits per heavy atom. The van der Waals surface area contributed by atoms with E-state index in [-0.39, 0.29) is 29.9 Å². The fourth-order valence-corrected chi connectivity index (χ4v) is 5.58. The molecule has 208 valence electrons. The summed E-state index contributed by atoms with van der Waals surface area (Å²) in [5, 5.41) is 18.7. The summed E-state index contributed by atoms with van der Waals surface area (Å²) >= 11 is 0. The second kappa shape index (κ2) is 10.7. The van der Waals surface area contributed by atoms with Crippen molar-refractivity contribution in [3.63, 3.8) is 0 Å². The van der Waals surface area contributed by atoms with Crippen molar-refractivity contribution in [3.05, 3.63) is 78.1 Å². The number of β-amino-alcohol motifs (C(OH)–C–C–N with tert-alkyl or cyclic N) is 1. The number of aliphatic hydroxyl groups excluding tert-OH is 1. The number of hydrogen-bond acceptors (Lipinski definition) is 8. The highest BCUT2D eigenvalue weighted by Gasteiger charge is 2.45. The van der Waals surface area contributed by atoms with Crippen LogP contribution in [-0.4, -0.2) is 78.9 Å². The molecule has 11 heteroatoms. The SMILES string of the molecule is Cc1cc(OC[C@H](C)c2ccccc2)cn2nc(C(O)CN3CC4(CCN(c5cnccn5)CC4)NC3=O)nc12. The molecular formula is C29H34N8O3. The van der Waals surface area contributed by atoms with Crippen LogP contribution in [-0.2, 0) is 0 Å². The number of pyridine rings is 1. The van der Waals surface area contributed by atoms with Crippen LogP contribution in [0.5, 0.6) is 5.75 Å². The van der Waals surface area contributed by atoms with Gasteiger partial charge in [0, 0.05) is 37.9 Å². The number of rotatable bonds is 8. The molecule has 2 atom stereocenters. The highest BCUT2D eigenvalue weighted by atomic mass is 16.5. The first-order valence-corrected chi connectivity index (χ1v) is 13.7. The first-order chi connectivity index (χ1) is 19.4. The molecule has 40 heavy (non-hydrogen) atoms. The number of urea groups is 1. The number of nitrogens with one attached hydrogen (secondary N) is 1. The molecule has 1 unspecified atom stereocenters. The van der Waals surface area contributed by atoms with Gasteiger partial charge in [-0.1, -0.05) is 37.3 Å². The molecule has 2 aliphatic heterocycles. The molecule has 2 fully saturated rings. The number of carbonyl (C=O) groups excluding carboxylic acids is 1. The lowest BCUT2D eigenvalue weighted by Crippen LogP contribution is -2.52. The largest absolute Gasteiger partial charge is 0.491 e. The predicted molar refractivity (Wildman–Crippen MR) is 149 cm³/mol. The van der Waals surface area contributed by atoms with Gasteiger partial charge in [-0.15, -0.1) is 5.10 Å². The zero-order valence-corrected chi connectivity index (χ0v) is 22.8. The normalized spacial score (nSPS) is 18.2. The molecule has 0 bridgehead atoms. The van der Waals surface area contributed by atoms with Crippen LogP contribution in [0.4, 0.5) is 10.6 Å². The molecule has 0 saturated carbocycles. The number of hydrogen-bond donors (Lipinski definition) is 2. The van der Waals surface area contributed by atoms with Crippen LogP contribution in [0.2, 0.25) is 0 Å². The highest BCUT2D eigenvalue weighted by Crippen LogP contribution is 2.31. The minimum atomic E-state index is -1.01. The Hall–Kier alpha value is -4.25. The van der Waals surface area contributed by atoms with Crippen LogP contribution in [0.15, 0.2) is 61.2 Å². The van der Waals surface area contributed by atoms with Crippen molar-refractivity contribution in [3.8, 4) is 5.75 Å². The summed E-state index contributed by atoms with van der Waals surface area (Å²) < 4.78 is 7.72. The predicted octanol–water partition coefficient (Wildman–Crippen LogP) is 3.11. The quantitative estimate of drug-likeness (QED) is 0.349. The molecule has 2 amide bonds. The van der Waals surface area contributed by atoms with E-state index >= 15 is 0 Å². The van der Waals surface area contributed by atoms with Crippen LogP contribution < -0.4 is 15.0 Å². The number of carbonyl (C=O) groups is 1. The zero-order chi connectivity index (χ0) is 27.7. The molecule has 0 radical (unpaired) electrons. The topological polar surface area (TPSA) is 121 Å². The number of piperidine rings is 1. The number of amides is 2. The molecule has 2 N–H and O–H groups in total. The summed E-state index contributed by atoms with van der Waals surface area (Å²) in [5.74, 6) is 2.05. The third-order valence-corrected chi connectivity index (χ3v) is 7.92. The van der Waals surface area contributed by atoms with Crippen molar-refractivity contribution in [2.24, 2.45) is 0 Å². The Kier molecular flexibility index (Phi) is 6.97. The molecule has 4 aromatic rings. The van der Waals surface area contributed by atoms with E-state index in [1.165, 1.54) is 5.56 Å². The summed E-state index contributed by atoms with van der Waals surface area (Å²) in [7, 11) is 0. The average molecular weight is 543 g/mol. The summed E-state index contributed by atoms with van der Waals surface area (Å²) in [6.45, 7) is 6.80. The molecule has 6 rings (SSSR count). The van der Waals surface area contributed by atoms with E-state index in [2.05, 4.69) is 49.3 Å². The van der Waals surface area contributed by atoms with E-state index in [9.17, 15) is 9.90 Å². The van der Waals surface area contributed by atoms with Gasteiger partial charge in [0.2, 0.25) is 0 Å². The van der Waals surface area contributed by atoms with Gasteiger partial charge in [0.15, 0.2) is 11.5 Å². The van der Waals surface area contributed by atoms with E-state index < -0.39 is 6.10 Å². The second-order valence-electron chi connectivity index (χ2n) is 10.9. The van der Waals surface area contributed by atoms with Crippen LogP contribution in [0.3, 0.4) is 0 Å². The Bertz CT molecular complexity index is 1470. The fraction of sp³-hybridized carbons (Fsp3) is 0.414. The molecule has 0 aliphatic carbocycles. The number of nitrogens with zero attached hydrogens (tertiary/aromatic N) is 7. The van der Waals surface area contributed by atoms with Gasteiger partial charge in [0.05, 0.1) is 31.1 Å². The van der Waals surface area contributed by atoms with Crippen molar-refractivity contribution in [1.29, 1.82) is 0 Å². The maximum absolute atomic E-state index is 12.9. The molecule has 5 heterocycles. The molecule has 1 spiro atoms. The lowest BCUT2D eigenvalue weighted by Gasteiger charge is -2.39. The standard InChI is InChI=1S/C29H34N8O3/c1-20-14-23(40-18-21(2)22-6-4-3-5-7-22)16-37-27(20)32-26(34-37)24(38)17-36-19-29(33-28(36)39)8-12-35(13-9-29)25-15-30-10-11-31-25/h3-7,10-11,14-16,21,24,38H,8-9,12-13,17-19H2,1-2H3,(H,33,39)/t21-,24?/m0/s1. The number of aliphatic hydroxyl groups is 1. The summed E-state index contributed by atoms with van der Waals surface area (Å²) in [5.41, 5.74) is 2.44. The Balaban J connectivity index is 1.08. The van der Waals surface area contributed by atoms with Crippen LogP contribution >= 0.6 is 0 Å². The third-order valence-electron chi connectivity index (χ3n) is 7.92. The smallest absolute Gasteiger partial charge is 0.318 e. The maximum Gasteiger partial charge on any atom is 0.318 e. The van der Waals surface area contributed by atoms with E-state index in [0.29, 0.717) is 24.5 Å². The molecule has 1 aromatic carbocycles. The van der Waals surface area contributed by atoms with Crippen LogP contribution in [0.1, 0.15) is 48.7 Å². The van der Waals surface area contributed by atoms with E-state index in [0.717, 1.165) is 37.3 Å². The molecule has 11 nitrogen and oxygen atoms in total. The van der Waals surface area contributed by atoms with Crippen LogP contribution in [0.25, 0.3) is 5.65 Å². The van der Waals surface area contributed by atoms with Gasteiger partial charge < -0.3 is 25.0 Å². The van der Waals surface area contributed by atoms with Gasteiger partial charge in [-0.05, 0) is 37.0 Å². The number of fused-ring (bicyclic) bond motifs is 1. The Morgan fingerprint density at radius 3 is 2.73 bits per heavy atom. The second-order valence-corrected chi connectivity index (χ2v) is 10.9. The van der Waals surface area contributed by atoms with Crippen molar-refractivity contribution in [2.45, 2.75) is 44.2 Å². The average Bonchev–Trinajstić information content (AvgIpc) is 3.54. The van der Waals surface area contributed by atoms with E-state index in [4.69, 9.17) is 4.74 Å². The minimum Gasteiger partial charge on any atom is -0.491 e. The highest BCUT2D eigenvalue weighted by molar-refractivity contribution is 5.78. The van der Waals surface area contributed by atoms with Crippen LogP contribution in [0, 0.1) is 6.92 Å². The molecule has 3 aromatic heterocycles. The number of ether oxygens (including phenoxy) is 1. The van der Waals surface area contributed by atoms with Gasteiger partial charge >= 0.3 is 6.03 Å². The number of aryl methyl sites for hydroxylation is 1. The van der Waals surface area contributed by atoms with Crippen molar-refractivity contribution in [2.75, 3.05) is 37.7 Å². The first-order valence-electron chi connectivity index (χ1n) is 13.7.